The van der Waals surface area contributed by atoms with Gasteiger partial charge in [-0.15, -0.1) is 0 Å². The number of carbonyl (C=O) groups excluding carboxylic acids is 2. The van der Waals surface area contributed by atoms with Gasteiger partial charge in [0.1, 0.15) is 11.6 Å². The number of ketones is 2. The Morgan fingerprint density at radius 2 is 0.907 bits per heavy atom. The molecule has 0 amide bonds. The van der Waals surface area contributed by atoms with Crippen LogP contribution >= 0.6 is 0 Å². The highest BCUT2D eigenvalue weighted by Gasteiger charge is 2.64. The molecule has 0 aromatic heterocycles. The van der Waals surface area contributed by atoms with E-state index in [4.69, 9.17) is 4.74 Å². The fraction of sp³-hybridized carbons (Fsp3) is 0.950. The molecule has 16 atom stereocenters. The van der Waals surface area contributed by atoms with Gasteiger partial charge in [-0.05, 0) is 159 Å². The number of fused-ring (bicyclic) bond motifs is 10. The van der Waals surface area contributed by atoms with Gasteiger partial charge in [0.15, 0.2) is 0 Å². The minimum atomic E-state index is 0.265. The molecule has 0 aromatic carbocycles. The molecule has 8 saturated carbocycles. The van der Waals surface area contributed by atoms with Gasteiger partial charge in [-0.25, -0.2) is 0 Å². The lowest BCUT2D eigenvalue weighted by Gasteiger charge is -2.61. The maximum absolute atomic E-state index is 12.7. The molecule has 0 aromatic rings. The van der Waals surface area contributed by atoms with Crippen LogP contribution in [0.15, 0.2) is 0 Å². The lowest BCUT2D eigenvalue weighted by molar-refractivity contribution is -0.177. The highest BCUT2D eigenvalue weighted by molar-refractivity contribution is 5.82. The van der Waals surface area contributed by atoms with E-state index in [-0.39, 0.29) is 11.8 Å². The zero-order chi connectivity index (χ0) is 30.1. The lowest BCUT2D eigenvalue weighted by Crippen LogP contribution is -2.56. The minimum Gasteiger partial charge on any atom is -0.374 e. The van der Waals surface area contributed by atoms with Gasteiger partial charge in [0, 0.05) is 24.7 Å². The highest BCUT2D eigenvalue weighted by Crippen LogP contribution is 2.69. The zero-order valence-electron chi connectivity index (χ0n) is 28.5. The van der Waals surface area contributed by atoms with Crippen LogP contribution in [0.3, 0.4) is 0 Å². The Morgan fingerprint density at radius 3 is 1.33 bits per heavy atom. The Balaban J connectivity index is 0.978. The molecule has 0 saturated heterocycles. The summed E-state index contributed by atoms with van der Waals surface area (Å²) in [6, 6.07) is 0. The van der Waals surface area contributed by atoms with Crippen molar-refractivity contribution in [3.05, 3.63) is 0 Å². The summed E-state index contributed by atoms with van der Waals surface area (Å²) >= 11 is 0. The molecule has 8 aliphatic carbocycles. The standard InChI is InChI=1S/C40H62O3/c1-23-21-39(5)25(19-33(23)41)7-9-27-29-11-13-35(37(29,3)17-15-31(27)39)43-36-14-12-30-28-10-8-26-20-34(42)24(2)22-40(26,6)32(28)16-18-38(30,36)4/h23-32,35-36H,7-22H2,1-6H3/t23-,24-,25?,26?,27?,28?,29?,30?,31?,32?,35+,36+,37+,38+,39+,40+/m1/s1. The van der Waals surface area contributed by atoms with E-state index in [1.807, 2.05) is 0 Å². The molecule has 0 radical (unpaired) electrons. The summed E-state index contributed by atoms with van der Waals surface area (Å²) < 4.78 is 7.51. The summed E-state index contributed by atoms with van der Waals surface area (Å²) in [5.74, 6) is 7.83. The second-order valence-corrected chi connectivity index (χ2v) is 19.2. The largest absolute Gasteiger partial charge is 0.374 e. The summed E-state index contributed by atoms with van der Waals surface area (Å²) in [5, 5.41) is 0. The molecule has 3 nitrogen and oxygen atoms in total. The summed E-state index contributed by atoms with van der Waals surface area (Å²) in [6.45, 7) is 14.9. The first-order chi connectivity index (χ1) is 20.4. The predicted molar refractivity (Wildman–Crippen MR) is 171 cm³/mol. The minimum absolute atomic E-state index is 0.265. The van der Waals surface area contributed by atoms with Crippen LogP contribution in [-0.2, 0) is 14.3 Å². The van der Waals surface area contributed by atoms with Crippen LogP contribution in [0.1, 0.15) is 144 Å². The maximum Gasteiger partial charge on any atom is 0.136 e. The number of hydrogen-bond donors (Lipinski definition) is 0. The number of hydrogen-bond acceptors (Lipinski definition) is 3. The van der Waals surface area contributed by atoms with Crippen molar-refractivity contribution in [2.75, 3.05) is 0 Å². The van der Waals surface area contributed by atoms with Gasteiger partial charge in [0.25, 0.3) is 0 Å². The molecule has 0 aliphatic heterocycles. The van der Waals surface area contributed by atoms with E-state index < -0.39 is 0 Å². The molecule has 0 heterocycles. The van der Waals surface area contributed by atoms with E-state index in [1.165, 1.54) is 77.0 Å². The van der Waals surface area contributed by atoms with E-state index in [1.54, 1.807) is 0 Å². The molecule has 43 heavy (non-hydrogen) atoms. The number of rotatable bonds is 2. The van der Waals surface area contributed by atoms with Crippen LogP contribution < -0.4 is 0 Å². The third kappa shape index (κ3) is 4.06. The Bertz CT molecular complexity index is 1070. The van der Waals surface area contributed by atoms with Gasteiger partial charge in [-0.2, -0.15) is 0 Å². The van der Waals surface area contributed by atoms with Crippen molar-refractivity contribution in [2.45, 2.75) is 156 Å². The van der Waals surface area contributed by atoms with E-state index in [0.717, 1.165) is 61.2 Å². The molecular formula is C40H62O3. The van der Waals surface area contributed by atoms with Crippen molar-refractivity contribution in [2.24, 2.45) is 80.8 Å². The van der Waals surface area contributed by atoms with Crippen molar-refractivity contribution in [1.82, 2.24) is 0 Å². The average Bonchev–Trinajstić information content (AvgIpc) is 3.47. The first-order valence-corrected chi connectivity index (χ1v) is 19.1. The SMILES string of the molecule is C[C@@H]1C[C@@]2(C)C(CCC3C2CC[C@@]2(C)C3CC[C@@H]2O[C@H]2CCC3C4CCC5CC(=O)[C@H](C)C[C@]5(C)C4CC[C@@]32C)CC1=O. The molecular weight excluding hydrogens is 528 g/mol. The summed E-state index contributed by atoms with van der Waals surface area (Å²) in [7, 11) is 0. The molecule has 3 heteroatoms. The van der Waals surface area contributed by atoms with Gasteiger partial charge >= 0.3 is 0 Å². The van der Waals surface area contributed by atoms with Crippen LogP contribution in [0.25, 0.3) is 0 Å². The van der Waals surface area contributed by atoms with E-state index >= 15 is 0 Å². The molecule has 0 bridgehead atoms. The third-order valence-corrected chi connectivity index (χ3v) is 17.8. The maximum atomic E-state index is 12.7. The van der Waals surface area contributed by atoms with Gasteiger partial charge < -0.3 is 4.74 Å². The van der Waals surface area contributed by atoms with Crippen molar-refractivity contribution < 1.29 is 14.3 Å². The fourth-order valence-corrected chi connectivity index (χ4v) is 15.4. The molecule has 8 aliphatic rings. The van der Waals surface area contributed by atoms with E-state index in [2.05, 4.69) is 41.5 Å². The monoisotopic (exact) mass is 590 g/mol. The Hall–Kier alpha value is -0.700. The number of ether oxygens (including phenoxy) is 1. The number of Topliss-reactive ketones (excluding diaryl/α,β-unsaturated/α-hetero) is 2. The topological polar surface area (TPSA) is 43.4 Å². The molecule has 0 spiro atoms. The average molecular weight is 591 g/mol. The smallest absolute Gasteiger partial charge is 0.136 e. The zero-order valence-corrected chi connectivity index (χ0v) is 28.5. The molecule has 0 N–H and O–H groups in total. The van der Waals surface area contributed by atoms with E-state index in [9.17, 15) is 9.59 Å². The Morgan fingerprint density at radius 1 is 0.512 bits per heavy atom. The molecule has 8 rings (SSSR count). The van der Waals surface area contributed by atoms with Gasteiger partial charge in [-0.1, -0.05) is 41.5 Å². The second kappa shape index (κ2) is 9.90. The van der Waals surface area contributed by atoms with Crippen LogP contribution in [0.4, 0.5) is 0 Å². The van der Waals surface area contributed by atoms with E-state index in [0.29, 0.717) is 57.3 Å². The van der Waals surface area contributed by atoms with Crippen LogP contribution in [0, 0.1) is 80.8 Å². The quantitative estimate of drug-likeness (QED) is 0.322. The third-order valence-electron chi connectivity index (χ3n) is 17.8. The van der Waals surface area contributed by atoms with Gasteiger partial charge in [0.05, 0.1) is 12.2 Å². The Kier molecular flexibility index (Phi) is 6.84. The van der Waals surface area contributed by atoms with Crippen LogP contribution in [0.5, 0.6) is 0 Å². The summed E-state index contributed by atoms with van der Waals surface area (Å²) in [5.41, 5.74) is 1.42. The fourth-order valence-electron chi connectivity index (χ4n) is 15.4. The first-order valence-electron chi connectivity index (χ1n) is 19.1. The molecule has 8 fully saturated rings. The number of carbonyl (C=O) groups is 2. The van der Waals surface area contributed by atoms with Crippen molar-refractivity contribution in [3.8, 4) is 0 Å². The predicted octanol–water partition coefficient (Wildman–Crippen LogP) is 9.46. The Labute approximate surface area is 262 Å². The summed E-state index contributed by atoms with van der Waals surface area (Å²) in [6.07, 6.45) is 20.8. The van der Waals surface area contributed by atoms with Gasteiger partial charge in [0.2, 0.25) is 0 Å². The van der Waals surface area contributed by atoms with Crippen molar-refractivity contribution in [1.29, 1.82) is 0 Å². The van der Waals surface area contributed by atoms with Gasteiger partial charge in [-0.3, -0.25) is 9.59 Å². The normalized spacial score (nSPS) is 59.4. The van der Waals surface area contributed by atoms with Crippen LogP contribution in [-0.4, -0.2) is 23.8 Å². The second-order valence-electron chi connectivity index (χ2n) is 19.2. The van der Waals surface area contributed by atoms with Crippen LogP contribution in [0.2, 0.25) is 0 Å². The first kappa shape index (κ1) is 29.7. The van der Waals surface area contributed by atoms with Crippen molar-refractivity contribution >= 4 is 11.6 Å². The highest BCUT2D eigenvalue weighted by atomic mass is 16.5. The molecule has 240 valence electrons. The lowest BCUT2D eigenvalue weighted by atomic mass is 9.44. The summed E-state index contributed by atoms with van der Waals surface area (Å²) in [4.78, 5) is 25.3. The van der Waals surface area contributed by atoms with Crippen molar-refractivity contribution in [3.63, 3.8) is 0 Å². The molecule has 8 unspecified atom stereocenters.